The molecule has 1 aliphatic heterocycles. The maximum Gasteiger partial charge on any atom is 0.410 e. The van der Waals surface area contributed by atoms with Gasteiger partial charge in [-0.15, -0.1) is 13.2 Å². The van der Waals surface area contributed by atoms with Crippen LogP contribution in [0.3, 0.4) is 0 Å². The number of rotatable bonds is 21. The van der Waals surface area contributed by atoms with Crippen LogP contribution in [0.2, 0.25) is 0 Å². The van der Waals surface area contributed by atoms with Gasteiger partial charge in [0.25, 0.3) is 0 Å². The normalized spacial score (nSPS) is 26.0. The number of unbranched alkanes of at least 4 members (excludes halogenated alkanes) is 2. The number of carbonyl (C=O) groups excluding carboxylic acids is 1. The van der Waals surface area contributed by atoms with Crippen LogP contribution in [-0.4, -0.2) is 85.4 Å². The van der Waals surface area contributed by atoms with Gasteiger partial charge in [0.1, 0.15) is 31.3 Å². The molecule has 2 N–H and O–H groups in total. The Morgan fingerprint density at radius 2 is 1.84 bits per heavy atom. The topological polar surface area (TPSA) is 119 Å². The van der Waals surface area contributed by atoms with Crippen LogP contribution in [0.4, 0.5) is 4.79 Å². The molecule has 270 valence electrons. The number of nitrogens with zero attached hydrogens (tertiary/aromatic N) is 2. The van der Waals surface area contributed by atoms with E-state index in [4.69, 9.17) is 23.8 Å². The van der Waals surface area contributed by atoms with Crippen molar-refractivity contribution in [3.8, 4) is 11.5 Å². The lowest BCUT2D eigenvalue weighted by Crippen LogP contribution is -2.70. The molecule has 10 heteroatoms. The quantitative estimate of drug-likeness (QED) is 0.0815. The van der Waals surface area contributed by atoms with E-state index in [1.54, 1.807) is 30.2 Å². The Labute approximate surface area is 292 Å². The van der Waals surface area contributed by atoms with Crippen molar-refractivity contribution in [1.29, 1.82) is 0 Å². The van der Waals surface area contributed by atoms with Crippen LogP contribution >= 0.6 is 0 Å². The van der Waals surface area contributed by atoms with Gasteiger partial charge in [0.15, 0.2) is 0 Å². The third-order valence-electron chi connectivity index (χ3n) is 9.84. The molecule has 1 aromatic rings. The van der Waals surface area contributed by atoms with Gasteiger partial charge in [-0.2, -0.15) is 0 Å². The second-order valence-corrected chi connectivity index (χ2v) is 12.9. The summed E-state index contributed by atoms with van der Waals surface area (Å²) in [5, 5.41) is 24.1. The Kier molecular flexibility index (Phi) is 14.8. The molecule has 0 radical (unpaired) electrons. The molecule has 1 amide bonds. The van der Waals surface area contributed by atoms with Crippen LogP contribution < -0.4 is 9.47 Å². The molecule has 1 heterocycles. The minimum absolute atomic E-state index is 0.120. The minimum Gasteiger partial charge on any atom is -0.490 e. The average Bonchev–Trinajstić information content (AvgIpc) is 3.11. The number of aliphatic hydroxyl groups is 2. The van der Waals surface area contributed by atoms with Gasteiger partial charge in [-0.1, -0.05) is 55.8 Å². The molecule has 1 aromatic carbocycles. The molecule has 4 rings (SSSR count). The van der Waals surface area contributed by atoms with Gasteiger partial charge >= 0.3 is 6.09 Å². The van der Waals surface area contributed by atoms with E-state index in [0.29, 0.717) is 56.8 Å². The largest absolute Gasteiger partial charge is 0.490 e. The smallest absolute Gasteiger partial charge is 0.410 e. The first-order chi connectivity index (χ1) is 23.9. The molecule has 0 unspecified atom stereocenters. The van der Waals surface area contributed by atoms with Crippen molar-refractivity contribution in [2.75, 3.05) is 46.7 Å². The maximum atomic E-state index is 13.9. The highest BCUT2D eigenvalue weighted by Crippen LogP contribution is 2.61. The molecule has 1 fully saturated rings. The van der Waals surface area contributed by atoms with Crippen LogP contribution in [0.25, 0.3) is 0 Å². The summed E-state index contributed by atoms with van der Waals surface area (Å²) in [5.74, 6) is -0.153. The molecule has 2 aliphatic carbocycles. The summed E-state index contributed by atoms with van der Waals surface area (Å²) in [4.78, 5) is 21.1. The molecule has 10 nitrogen and oxygen atoms in total. The number of hydrogen-bond donors (Lipinski definition) is 2. The summed E-state index contributed by atoms with van der Waals surface area (Å²) in [6, 6.07) is 5.29. The summed E-state index contributed by atoms with van der Waals surface area (Å²) in [6.07, 6.45) is 13.4. The number of amides is 1. The van der Waals surface area contributed by atoms with Crippen molar-refractivity contribution < 1.29 is 38.8 Å². The van der Waals surface area contributed by atoms with E-state index < -0.39 is 17.9 Å². The Bertz CT molecular complexity index is 1330. The lowest BCUT2D eigenvalue weighted by Gasteiger charge is -2.59. The number of ether oxygens (including phenoxy) is 4. The summed E-state index contributed by atoms with van der Waals surface area (Å²) >= 11 is 0. The molecule has 0 aromatic heterocycles. The van der Waals surface area contributed by atoms with Crippen molar-refractivity contribution in [2.45, 2.75) is 82.5 Å². The fourth-order valence-corrected chi connectivity index (χ4v) is 7.93. The number of aliphatic hydroxyl groups excluding tert-OH is 2. The number of carbonyl (C=O) groups is 1. The highest BCUT2D eigenvalue weighted by Gasteiger charge is 2.65. The Hall–Kier alpha value is -3.60. The van der Waals surface area contributed by atoms with E-state index in [1.165, 1.54) is 0 Å². The first-order valence-corrected chi connectivity index (χ1v) is 17.8. The van der Waals surface area contributed by atoms with Crippen molar-refractivity contribution >= 4 is 11.8 Å². The zero-order valence-electron chi connectivity index (χ0n) is 29.4. The minimum atomic E-state index is -1.31. The first kappa shape index (κ1) is 38.2. The summed E-state index contributed by atoms with van der Waals surface area (Å²) < 4.78 is 25.9. The van der Waals surface area contributed by atoms with E-state index in [0.717, 1.165) is 42.5 Å². The molecule has 3 aliphatic rings. The predicted octanol–water partition coefficient (Wildman–Crippen LogP) is 6.94. The van der Waals surface area contributed by atoms with Gasteiger partial charge in [-0.3, -0.25) is 4.90 Å². The number of allylic oxidation sites excluding steroid dienone is 1. The van der Waals surface area contributed by atoms with E-state index in [-0.39, 0.29) is 50.1 Å². The molecule has 0 saturated heterocycles. The number of benzene rings is 1. The van der Waals surface area contributed by atoms with Gasteiger partial charge < -0.3 is 34.0 Å². The lowest BCUT2D eigenvalue weighted by atomic mass is 9.55. The van der Waals surface area contributed by atoms with Gasteiger partial charge in [-0.25, -0.2) is 4.79 Å². The summed E-state index contributed by atoms with van der Waals surface area (Å²) in [7, 11) is 1.54. The Balaban J connectivity index is 2.00. The summed E-state index contributed by atoms with van der Waals surface area (Å²) in [6.45, 7) is 15.0. The van der Waals surface area contributed by atoms with E-state index in [1.807, 2.05) is 19.1 Å². The fourth-order valence-electron chi connectivity index (χ4n) is 7.93. The Morgan fingerprint density at radius 3 is 2.51 bits per heavy atom. The zero-order valence-corrected chi connectivity index (χ0v) is 29.4. The van der Waals surface area contributed by atoms with Crippen molar-refractivity contribution in [3.63, 3.8) is 0 Å². The maximum absolute atomic E-state index is 13.9. The van der Waals surface area contributed by atoms with Crippen LogP contribution in [0, 0.1) is 17.8 Å². The van der Waals surface area contributed by atoms with Crippen molar-refractivity contribution in [1.82, 2.24) is 4.90 Å². The second kappa shape index (κ2) is 19.0. The predicted molar refractivity (Wildman–Crippen MR) is 191 cm³/mol. The SMILES string of the molecule is C=CCCOC(=O)N(CCC)[C@H]1CC(=NOC)C2=C[C@H](CCCCO)[C@@H](CCCCO)[C@@H]3c4cc(OCC=C)ccc4O[C@@]1(OCC=C)[C@H]23. The highest BCUT2D eigenvalue weighted by atomic mass is 16.7. The van der Waals surface area contributed by atoms with Crippen LogP contribution in [0.15, 0.2) is 73.0 Å². The first-order valence-electron chi connectivity index (χ1n) is 17.8. The van der Waals surface area contributed by atoms with Gasteiger partial charge in [0.05, 0.1) is 24.8 Å². The molecule has 6 atom stereocenters. The molecular weight excluding hydrogens is 624 g/mol. The number of fused-ring (bicyclic) bond motifs is 2. The van der Waals surface area contributed by atoms with Crippen molar-refractivity contribution in [2.24, 2.45) is 22.9 Å². The molecular formula is C39H56N2O8. The molecule has 0 spiro atoms. The van der Waals surface area contributed by atoms with Crippen molar-refractivity contribution in [3.05, 3.63) is 73.4 Å². The zero-order chi connectivity index (χ0) is 35.2. The monoisotopic (exact) mass is 680 g/mol. The number of hydrogen-bond acceptors (Lipinski definition) is 9. The van der Waals surface area contributed by atoms with Gasteiger partial charge in [-0.05, 0) is 74.1 Å². The second-order valence-electron chi connectivity index (χ2n) is 12.9. The summed E-state index contributed by atoms with van der Waals surface area (Å²) in [5.41, 5.74) is 2.73. The van der Waals surface area contributed by atoms with Gasteiger partial charge in [0, 0.05) is 37.7 Å². The standard InChI is InChI=1S/C39H56N2O8/c1-6-10-24-47-38(44)41(19-7-2)35-27-33(40-45-5)31-25-28(15-11-13-20-42)30(16-12-14-21-43)36-32-26-29(46-22-8-3)17-18-34(32)49-39(35,37(31)36)48-23-9-4/h6,8-9,17-18,25-26,28,30,35-37,42-43H,1,3-4,7,10-16,19-24,27H2,2,5H3/t28-,30+,35-,36+,37+,39+/m0/s1. The van der Waals surface area contributed by atoms with Crippen LogP contribution in [0.1, 0.15) is 76.2 Å². The molecule has 1 saturated carbocycles. The third-order valence-corrected chi connectivity index (χ3v) is 9.84. The fraction of sp³-hybridized carbons (Fsp3) is 0.590. The van der Waals surface area contributed by atoms with E-state index in [9.17, 15) is 15.0 Å². The Morgan fingerprint density at radius 1 is 1.08 bits per heavy atom. The third kappa shape index (κ3) is 8.59. The van der Waals surface area contributed by atoms with Crippen LogP contribution in [0.5, 0.6) is 11.5 Å². The average molecular weight is 681 g/mol. The van der Waals surface area contributed by atoms with Crippen LogP contribution in [-0.2, 0) is 14.3 Å². The van der Waals surface area contributed by atoms with Gasteiger partial charge in [0.2, 0.25) is 5.79 Å². The highest BCUT2D eigenvalue weighted by molar-refractivity contribution is 6.02. The lowest BCUT2D eigenvalue weighted by molar-refractivity contribution is -0.255. The molecule has 0 bridgehead atoms. The molecule has 49 heavy (non-hydrogen) atoms. The van der Waals surface area contributed by atoms with E-state index in [2.05, 4.69) is 37.0 Å². The van der Waals surface area contributed by atoms with E-state index >= 15 is 0 Å². The number of oxime groups is 1.